The van der Waals surface area contributed by atoms with Gasteiger partial charge in [0.15, 0.2) is 5.65 Å². The van der Waals surface area contributed by atoms with E-state index in [0.717, 1.165) is 24.3 Å². The van der Waals surface area contributed by atoms with Crippen molar-refractivity contribution in [3.05, 3.63) is 29.7 Å². The van der Waals surface area contributed by atoms with Gasteiger partial charge in [-0.25, -0.2) is 0 Å². The fourth-order valence-electron chi connectivity index (χ4n) is 1.67. The van der Waals surface area contributed by atoms with E-state index in [0.29, 0.717) is 11.0 Å². The number of nitriles is 1. The lowest BCUT2D eigenvalue weighted by atomic mass is 9.90. The number of aryl methyl sites for hydroxylation is 1. The average molecular weight is 228 g/mol. The molecule has 0 amide bonds. The van der Waals surface area contributed by atoms with Crippen LogP contribution in [0.1, 0.15) is 38.6 Å². The first-order chi connectivity index (χ1) is 7.99. The maximum atomic E-state index is 8.81. The third-order valence-electron chi connectivity index (χ3n) is 2.71. The molecule has 0 aliphatic heterocycles. The lowest BCUT2D eigenvalue weighted by Crippen LogP contribution is -2.08. The SMILES string of the molecule is CC(C)(C)CCc1nnc2cc(C#N)ccn12. The van der Waals surface area contributed by atoms with Crippen LogP contribution in [0.3, 0.4) is 0 Å². The number of hydrogen-bond acceptors (Lipinski definition) is 3. The molecule has 0 saturated heterocycles. The largest absolute Gasteiger partial charge is 0.286 e. The van der Waals surface area contributed by atoms with Gasteiger partial charge in [0, 0.05) is 18.7 Å². The molecule has 17 heavy (non-hydrogen) atoms. The monoisotopic (exact) mass is 228 g/mol. The maximum Gasteiger partial charge on any atom is 0.162 e. The molecule has 0 unspecified atom stereocenters. The molecule has 2 heterocycles. The van der Waals surface area contributed by atoms with Crippen molar-refractivity contribution < 1.29 is 0 Å². The first kappa shape index (κ1) is 11.6. The van der Waals surface area contributed by atoms with Crippen LogP contribution in [0.15, 0.2) is 18.3 Å². The average Bonchev–Trinajstić information content (AvgIpc) is 2.67. The van der Waals surface area contributed by atoms with Crippen molar-refractivity contribution in [1.29, 1.82) is 5.26 Å². The Balaban J connectivity index is 2.28. The van der Waals surface area contributed by atoms with Gasteiger partial charge in [-0.15, -0.1) is 10.2 Å². The normalized spacial score (nSPS) is 11.6. The summed E-state index contributed by atoms with van der Waals surface area (Å²) < 4.78 is 1.95. The van der Waals surface area contributed by atoms with E-state index < -0.39 is 0 Å². The summed E-state index contributed by atoms with van der Waals surface area (Å²) in [6, 6.07) is 5.65. The van der Waals surface area contributed by atoms with Crippen LogP contribution < -0.4 is 0 Å². The lowest BCUT2D eigenvalue weighted by molar-refractivity contribution is 0.374. The van der Waals surface area contributed by atoms with Crippen molar-refractivity contribution in [1.82, 2.24) is 14.6 Å². The van der Waals surface area contributed by atoms with Crippen molar-refractivity contribution >= 4 is 5.65 Å². The second-order valence-corrected chi connectivity index (χ2v) is 5.43. The van der Waals surface area contributed by atoms with Crippen molar-refractivity contribution in [2.45, 2.75) is 33.6 Å². The molecule has 0 atom stereocenters. The zero-order valence-corrected chi connectivity index (χ0v) is 10.4. The summed E-state index contributed by atoms with van der Waals surface area (Å²) in [5.74, 6) is 0.958. The van der Waals surface area contributed by atoms with Gasteiger partial charge >= 0.3 is 0 Å². The van der Waals surface area contributed by atoms with Crippen LogP contribution in [0.25, 0.3) is 5.65 Å². The van der Waals surface area contributed by atoms with Gasteiger partial charge in [0.2, 0.25) is 0 Å². The van der Waals surface area contributed by atoms with E-state index in [1.807, 2.05) is 10.6 Å². The van der Waals surface area contributed by atoms with Crippen molar-refractivity contribution in [3.63, 3.8) is 0 Å². The maximum absolute atomic E-state index is 8.81. The number of hydrogen-bond donors (Lipinski definition) is 0. The summed E-state index contributed by atoms with van der Waals surface area (Å²) in [5.41, 5.74) is 1.65. The quantitative estimate of drug-likeness (QED) is 0.793. The third-order valence-corrected chi connectivity index (χ3v) is 2.71. The summed E-state index contributed by atoms with van der Waals surface area (Å²) in [5, 5.41) is 17.1. The van der Waals surface area contributed by atoms with E-state index in [1.54, 1.807) is 12.1 Å². The summed E-state index contributed by atoms with van der Waals surface area (Å²) in [4.78, 5) is 0. The number of aromatic nitrogens is 3. The van der Waals surface area contributed by atoms with Gasteiger partial charge in [0.25, 0.3) is 0 Å². The molecule has 0 fully saturated rings. The molecule has 0 aliphatic rings. The molecular weight excluding hydrogens is 212 g/mol. The van der Waals surface area contributed by atoms with Gasteiger partial charge < -0.3 is 0 Å². The minimum atomic E-state index is 0.290. The molecule has 0 spiro atoms. The predicted molar refractivity (Wildman–Crippen MR) is 65.5 cm³/mol. The first-order valence-corrected chi connectivity index (χ1v) is 5.73. The molecular formula is C13H16N4. The molecule has 0 radical (unpaired) electrons. The standard InChI is InChI=1S/C13H16N4/c1-13(2,3)6-4-11-15-16-12-8-10(9-14)5-7-17(11)12/h5,7-8H,4,6H2,1-3H3. The van der Waals surface area contributed by atoms with Gasteiger partial charge in [-0.2, -0.15) is 5.26 Å². The van der Waals surface area contributed by atoms with E-state index in [9.17, 15) is 0 Å². The minimum Gasteiger partial charge on any atom is -0.286 e. The molecule has 0 bridgehead atoms. The molecule has 0 aromatic carbocycles. The third kappa shape index (κ3) is 2.62. The van der Waals surface area contributed by atoms with Gasteiger partial charge in [0.1, 0.15) is 5.82 Å². The second-order valence-electron chi connectivity index (χ2n) is 5.43. The van der Waals surface area contributed by atoms with Gasteiger partial charge in [-0.1, -0.05) is 20.8 Å². The van der Waals surface area contributed by atoms with Crippen LogP contribution in [-0.4, -0.2) is 14.6 Å². The molecule has 0 aliphatic carbocycles. The zero-order valence-electron chi connectivity index (χ0n) is 10.4. The number of fused-ring (bicyclic) bond motifs is 1. The van der Waals surface area contributed by atoms with E-state index in [1.165, 1.54) is 0 Å². The second kappa shape index (κ2) is 4.17. The fraction of sp³-hybridized carbons (Fsp3) is 0.462. The van der Waals surface area contributed by atoms with E-state index in [-0.39, 0.29) is 0 Å². The van der Waals surface area contributed by atoms with Crippen molar-refractivity contribution in [2.24, 2.45) is 5.41 Å². The first-order valence-electron chi connectivity index (χ1n) is 5.73. The molecule has 0 saturated carbocycles. The Morgan fingerprint density at radius 3 is 2.76 bits per heavy atom. The van der Waals surface area contributed by atoms with E-state index in [2.05, 4.69) is 37.0 Å². The molecule has 4 nitrogen and oxygen atoms in total. The van der Waals surface area contributed by atoms with Crippen LogP contribution in [-0.2, 0) is 6.42 Å². The van der Waals surface area contributed by atoms with Gasteiger partial charge in [0.05, 0.1) is 11.6 Å². The van der Waals surface area contributed by atoms with Crippen LogP contribution in [0.2, 0.25) is 0 Å². The predicted octanol–water partition coefficient (Wildman–Crippen LogP) is 2.58. The lowest BCUT2D eigenvalue weighted by Gasteiger charge is -2.16. The number of rotatable bonds is 2. The molecule has 0 N–H and O–H groups in total. The van der Waals surface area contributed by atoms with Gasteiger partial charge in [-0.3, -0.25) is 4.40 Å². The highest BCUT2D eigenvalue weighted by Gasteiger charge is 2.13. The topological polar surface area (TPSA) is 54.0 Å². The smallest absolute Gasteiger partial charge is 0.162 e. The Morgan fingerprint density at radius 2 is 2.12 bits per heavy atom. The summed E-state index contributed by atoms with van der Waals surface area (Å²) in [7, 11) is 0. The molecule has 88 valence electrons. The van der Waals surface area contributed by atoms with Crippen LogP contribution >= 0.6 is 0 Å². The molecule has 2 rings (SSSR count). The number of pyridine rings is 1. The Morgan fingerprint density at radius 1 is 1.35 bits per heavy atom. The molecule has 2 aromatic heterocycles. The molecule has 2 aromatic rings. The Bertz CT molecular complexity index is 569. The van der Waals surface area contributed by atoms with Crippen LogP contribution in [0.5, 0.6) is 0 Å². The Hall–Kier alpha value is -1.89. The highest BCUT2D eigenvalue weighted by Crippen LogP contribution is 2.21. The van der Waals surface area contributed by atoms with E-state index >= 15 is 0 Å². The summed E-state index contributed by atoms with van der Waals surface area (Å²) in [6.07, 6.45) is 3.83. The highest BCUT2D eigenvalue weighted by atomic mass is 15.2. The molecule has 4 heteroatoms. The minimum absolute atomic E-state index is 0.290. The Labute approximate surface area is 101 Å². The number of nitrogens with zero attached hydrogens (tertiary/aromatic N) is 4. The summed E-state index contributed by atoms with van der Waals surface area (Å²) in [6.45, 7) is 6.64. The van der Waals surface area contributed by atoms with Crippen LogP contribution in [0, 0.1) is 16.7 Å². The Kier molecular flexibility index (Phi) is 2.84. The van der Waals surface area contributed by atoms with Crippen molar-refractivity contribution in [3.8, 4) is 6.07 Å². The van der Waals surface area contributed by atoms with Crippen molar-refractivity contribution in [2.75, 3.05) is 0 Å². The fourth-order valence-corrected chi connectivity index (χ4v) is 1.67. The zero-order chi connectivity index (χ0) is 12.5. The summed E-state index contributed by atoms with van der Waals surface area (Å²) >= 11 is 0. The highest BCUT2D eigenvalue weighted by molar-refractivity contribution is 5.45. The van der Waals surface area contributed by atoms with E-state index in [4.69, 9.17) is 5.26 Å². The van der Waals surface area contributed by atoms with Gasteiger partial charge in [-0.05, 0) is 17.9 Å². The van der Waals surface area contributed by atoms with Crippen LogP contribution in [0.4, 0.5) is 0 Å².